The lowest BCUT2D eigenvalue weighted by molar-refractivity contribution is 0.0608. The first-order valence-electron chi connectivity index (χ1n) is 5.69. The summed E-state index contributed by atoms with van der Waals surface area (Å²) in [5, 5.41) is 28.4. The molecule has 17 heavy (non-hydrogen) atoms. The number of hydrogen-bond donors (Lipinski definition) is 3. The van der Waals surface area contributed by atoms with Crippen molar-refractivity contribution in [2.24, 2.45) is 5.92 Å². The molecule has 0 bridgehead atoms. The number of rotatable bonds is 5. The van der Waals surface area contributed by atoms with Crippen LogP contribution in [-0.2, 0) is 4.74 Å². The van der Waals surface area contributed by atoms with E-state index in [1.54, 1.807) is 24.3 Å². The van der Waals surface area contributed by atoms with Gasteiger partial charge in [-0.05, 0) is 6.92 Å². The van der Waals surface area contributed by atoms with Crippen molar-refractivity contribution in [3.05, 3.63) is 37.0 Å². The molecule has 4 nitrogen and oxygen atoms in total. The van der Waals surface area contributed by atoms with E-state index in [0.717, 1.165) is 0 Å². The maximum absolute atomic E-state index is 9.92. The number of aliphatic hydroxyl groups excluding tert-OH is 3. The molecule has 4 heteroatoms. The molecular formula is C13H20O4. The topological polar surface area (TPSA) is 69.9 Å². The molecule has 0 aromatic carbocycles. The highest BCUT2D eigenvalue weighted by atomic mass is 16.5. The van der Waals surface area contributed by atoms with Crippen LogP contribution in [0.3, 0.4) is 0 Å². The second-order valence-electron chi connectivity index (χ2n) is 4.19. The van der Waals surface area contributed by atoms with Crippen LogP contribution >= 0.6 is 0 Å². The minimum atomic E-state index is -0.912. The summed E-state index contributed by atoms with van der Waals surface area (Å²) in [4.78, 5) is 0. The first-order chi connectivity index (χ1) is 8.06. The molecule has 1 aliphatic rings. The van der Waals surface area contributed by atoms with Gasteiger partial charge in [0, 0.05) is 5.92 Å². The number of allylic oxidation sites excluding steroid dienone is 2. The van der Waals surface area contributed by atoms with Gasteiger partial charge in [-0.25, -0.2) is 0 Å². The molecule has 1 saturated heterocycles. The Balaban J connectivity index is 2.52. The third-order valence-electron chi connectivity index (χ3n) is 2.74. The van der Waals surface area contributed by atoms with Gasteiger partial charge in [0.25, 0.3) is 0 Å². The van der Waals surface area contributed by atoms with Gasteiger partial charge in [-0.15, -0.1) is 0 Å². The van der Waals surface area contributed by atoms with Gasteiger partial charge in [0.05, 0.1) is 24.9 Å². The molecule has 0 aromatic heterocycles. The van der Waals surface area contributed by atoms with E-state index in [1.165, 1.54) is 13.0 Å². The lowest BCUT2D eigenvalue weighted by atomic mass is 10.00. The standard InChI is InChI=1S/C13H20O4/c1-3-4-5-12-13(16)10(8-17-12)6-7-11(15)9(2)14/h3-7,9-16H,1,8H2,2H3. The van der Waals surface area contributed by atoms with E-state index >= 15 is 0 Å². The van der Waals surface area contributed by atoms with Gasteiger partial charge < -0.3 is 20.1 Å². The van der Waals surface area contributed by atoms with E-state index in [-0.39, 0.29) is 12.0 Å². The molecule has 1 fully saturated rings. The van der Waals surface area contributed by atoms with Crippen LogP contribution < -0.4 is 0 Å². The zero-order valence-electron chi connectivity index (χ0n) is 9.94. The van der Waals surface area contributed by atoms with Crippen molar-refractivity contribution in [1.82, 2.24) is 0 Å². The molecule has 5 atom stereocenters. The van der Waals surface area contributed by atoms with Crippen molar-refractivity contribution >= 4 is 0 Å². The summed E-state index contributed by atoms with van der Waals surface area (Å²) in [6.07, 6.45) is 5.56. The molecule has 1 heterocycles. The Kier molecular flexibility index (Phi) is 5.58. The molecule has 3 N–H and O–H groups in total. The summed E-state index contributed by atoms with van der Waals surface area (Å²) in [6, 6.07) is 0. The summed E-state index contributed by atoms with van der Waals surface area (Å²) in [7, 11) is 0. The van der Waals surface area contributed by atoms with Gasteiger partial charge in [-0.3, -0.25) is 0 Å². The predicted molar refractivity (Wildman–Crippen MR) is 65.4 cm³/mol. The first kappa shape index (κ1) is 14.1. The van der Waals surface area contributed by atoms with Gasteiger partial charge in [-0.2, -0.15) is 0 Å². The summed E-state index contributed by atoms with van der Waals surface area (Å²) >= 11 is 0. The second kappa shape index (κ2) is 6.71. The van der Waals surface area contributed by atoms with Gasteiger partial charge in [0.1, 0.15) is 6.10 Å². The maximum Gasteiger partial charge on any atom is 0.102 e. The van der Waals surface area contributed by atoms with Gasteiger partial charge in [-0.1, -0.05) is 37.0 Å². The molecule has 0 aliphatic carbocycles. The Morgan fingerprint density at radius 1 is 1.35 bits per heavy atom. The zero-order valence-corrected chi connectivity index (χ0v) is 9.94. The third kappa shape index (κ3) is 4.09. The zero-order chi connectivity index (χ0) is 12.8. The molecular weight excluding hydrogens is 220 g/mol. The number of ether oxygens (including phenoxy) is 1. The third-order valence-corrected chi connectivity index (χ3v) is 2.74. The average Bonchev–Trinajstić information content (AvgIpc) is 2.64. The van der Waals surface area contributed by atoms with Gasteiger partial charge in [0.15, 0.2) is 0 Å². The van der Waals surface area contributed by atoms with Crippen LogP contribution in [0, 0.1) is 5.92 Å². The number of hydrogen-bond acceptors (Lipinski definition) is 4. The molecule has 0 radical (unpaired) electrons. The molecule has 0 aromatic rings. The van der Waals surface area contributed by atoms with Crippen molar-refractivity contribution < 1.29 is 20.1 Å². The molecule has 1 aliphatic heterocycles. The van der Waals surface area contributed by atoms with Crippen LogP contribution in [0.5, 0.6) is 0 Å². The lowest BCUT2D eigenvalue weighted by Gasteiger charge is -2.13. The van der Waals surface area contributed by atoms with E-state index in [9.17, 15) is 10.2 Å². The van der Waals surface area contributed by atoms with Crippen molar-refractivity contribution in [2.45, 2.75) is 31.3 Å². The van der Waals surface area contributed by atoms with Crippen LogP contribution in [0.4, 0.5) is 0 Å². The number of aliphatic hydroxyl groups is 3. The van der Waals surface area contributed by atoms with Crippen molar-refractivity contribution in [3.8, 4) is 0 Å². The molecule has 0 saturated carbocycles. The first-order valence-corrected chi connectivity index (χ1v) is 5.69. The van der Waals surface area contributed by atoms with Crippen molar-refractivity contribution in [2.75, 3.05) is 6.61 Å². The Bertz CT molecular complexity index is 296. The summed E-state index contributed by atoms with van der Waals surface area (Å²) in [5.41, 5.74) is 0. The van der Waals surface area contributed by atoms with Crippen LogP contribution in [0.2, 0.25) is 0 Å². The summed E-state index contributed by atoms with van der Waals surface area (Å²) in [6.45, 7) is 5.45. The van der Waals surface area contributed by atoms with Crippen molar-refractivity contribution in [1.29, 1.82) is 0 Å². The summed E-state index contributed by atoms with van der Waals surface area (Å²) in [5.74, 6) is -0.164. The Hall–Kier alpha value is -0.940. The minimum Gasteiger partial charge on any atom is -0.390 e. The molecule has 96 valence electrons. The fourth-order valence-electron chi connectivity index (χ4n) is 1.61. The average molecular weight is 240 g/mol. The van der Waals surface area contributed by atoms with Crippen molar-refractivity contribution in [3.63, 3.8) is 0 Å². The monoisotopic (exact) mass is 240 g/mol. The van der Waals surface area contributed by atoms with E-state index < -0.39 is 18.3 Å². The second-order valence-corrected chi connectivity index (χ2v) is 4.19. The Morgan fingerprint density at radius 3 is 2.65 bits per heavy atom. The smallest absolute Gasteiger partial charge is 0.102 e. The van der Waals surface area contributed by atoms with Crippen LogP contribution in [0.25, 0.3) is 0 Å². The lowest BCUT2D eigenvalue weighted by Crippen LogP contribution is -2.25. The SMILES string of the molecule is C=CC=CC1OCC(C=CC(O)C(C)O)C1O. The quantitative estimate of drug-likeness (QED) is 0.480. The molecule has 0 spiro atoms. The van der Waals surface area contributed by atoms with E-state index in [0.29, 0.717) is 6.61 Å². The molecule has 5 unspecified atom stereocenters. The van der Waals surface area contributed by atoms with E-state index in [1.807, 2.05) is 0 Å². The largest absolute Gasteiger partial charge is 0.390 e. The van der Waals surface area contributed by atoms with Crippen LogP contribution in [0.15, 0.2) is 37.0 Å². The minimum absolute atomic E-state index is 0.164. The van der Waals surface area contributed by atoms with E-state index in [4.69, 9.17) is 9.84 Å². The molecule has 0 amide bonds. The van der Waals surface area contributed by atoms with Gasteiger partial charge in [0.2, 0.25) is 0 Å². The van der Waals surface area contributed by atoms with Gasteiger partial charge >= 0.3 is 0 Å². The fraction of sp³-hybridized carbons (Fsp3) is 0.538. The highest BCUT2D eigenvalue weighted by Crippen LogP contribution is 2.22. The highest BCUT2D eigenvalue weighted by molar-refractivity contribution is 5.09. The maximum atomic E-state index is 9.92. The fourth-order valence-corrected chi connectivity index (χ4v) is 1.61. The van der Waals surface area contributed by atoms with E-state index in [2.05, 4.69) is 6.58 Å². The normalized spacial score (nSPS) is 33.3. The highest BCUT2D eigenvalue weighted by Gasteiger charge is 2.32. The summed E-state index contributed by atoms with van der Waals surface area (Å²) < 4.78 is 5.39. The molecule has 1 rings (SSSR count). The van der Waals surface area contributed by atoms with Crippen LogP contribution in [-0.4, -0.2) is 46.3 Å². The predicted octanol–water partition coefficient (Wildman–Crippen LogP) is 0.402. The Labute approximate surface area is 102 Å². The Morgan fingerprint density at radius 2 is 2.06 bits per heavy atom. The van der Waals surface area contributed by atoms with Crippen LogP contribution in [0.1, 0.15) is 6.92 Å².